The fourth-order valence-electron chi connectivity index (χ4n) is 1.95. The molecule has 1 fully saturated rings. The Bertz CT molecular complexity index is 505. The molecule has 0 aliphatic carbocycles. The highest BCUT2D eigenvalue weighted by Gasteiger charge is 2.26. The van der Waals surface area contributed by atoms with E-state index in [0.717, 1.165) is 29.9 Å². The molecule has 4 heteroatoms. The van der Waals surface area contributed by atoms with E-state index in [4.69, 9.17) is 0 Å². The second-order valence-corrected chi connectivity index (χ2v) is 4.11. The van der Waals surface area contributed by atoms with Crippen molar-refractivity contribution in [1.29, 1.82) is 0 Å². The minimum Gasteiger partial charge on any atom is -0.352 e. The van der Waals surface area contributed by atoms with Crippen molar-refractivity contribution >= 4 is 16.9 Å². The molecule has 0 saturated carbocycles. The molecule has 0 unspecified atom stereocenters. The van der Waals surface area contributed by atoms with Gasteiger partial charge in [-0.15, -0.1) is 0 Å². The number of fused-ring (bicyclic) bond motifs is 1. The minimum absolute atomic E-state index is 0.591. The van der Waals surface area contributed by atoms with Crippen molar-refractivity contribution in [3.05, 3.63) is 30.5 Å². The summed E-state index contributed by atoms with van der Waals surface area (Å²) in [6, 6.07) is 8.55. The number of hydrogen-bond donors (Lipinski definition) is 1. The van der Waals surface area contributed by atoms with Gasteiger partial charge in [0.15, 0.2) is 0 Å². The number of benzene rings is 1. The van der Waals surface area contributed by atoms with Gasteiger partial charge in [-0.05, 0) is 19.2 Å². The number of aromatic nitrogens is 2. The van der Waals surface area contributed by atoms with Gasteiger partial charge in [0.05, 0.1) is 17.2 Å². The van der Waals surface area contributed by atoms with Crippen LogP contribution in [0.2, 0.25) is 0 Å². The fourth-order valence-corrected chi connectivity index (χ4v) is 1.95. The first-order valence-corrected chi connectivity index (χ1v) is 5.51. The van der Waals surface area contributed by atoms with Crippen molar-refractivity contribution in [1.82, 2.24) is 15.3 Å². The van der Waals surface area contributed by atoms with Gasteiger partial charge >= 0.3 is 0 Å². The van der Waals surface area contributed by atoms with Crippen molar-refractivity contribution in [3.8, 4) is 0 Å². The summed E-state index contributed by atoms with van der Waals surface area (Å²) in [7, 11) is 1.99. The van der Waals surface area contributed by atoms with E-state index in [1.54, 1.807) is 0 Å². The molecule has 1 aromatic heterocycles. The molecule has 82 valence electrons. The Morgan fingerprint density at radius 3 is 2.75 bits per heavy atom. The normalized spacial score (nSPS) is 16.4. The van der Waals surface area contributed by atoms with Crippen LogP contribution in [0.3, 0.4) is 0 Å². The molecular formula is C12H14N4. The Morgan fingerprint density at radius 2 is 2.00 bits per heavy atom. The van der Waals surface area contributed by atoms with Gasteiger partial charge in [0, 0.05) is 19.1 Å². The Labute approximate surface area is 94.3 Å². The summed E-state index contributed by atoms with van der Waals surface area (Å²) < 4.78 is 0. The summed E-state index contributed by atoms with van der Waals surface area (Å²) in [5, 5.41) is 3.25. The first-order chi connectivity index (χ1) is 7.86. The number of anilines is 1. The summed E-state index contributed by atoms with van der Waals surface area (Å²) >= 11 is 0. The minimum atomic E-state index is 0.591. The van der Waals surface area contributed by atoms with Gasteiger partial charge in [0.25, 0.3) is 0 Å². The van der Waals surface area contributed by atoms with Crippen LogP contribution in [0, 0.1) is 0 Å². The number of likely N-dealkylation sites (N-methyl/N-ethyl adjacent to an activating group) is 1. The summed E-state index contributed by atoms with van der Waals surface area (Å²) in [6.07, 6.45) is 1.86. The molecule has 1 aromatic carbocycles. The zero-order valence-electron chi connectivity index (χ0n) is 9.22. The molecule has 0 amide bonds. The lowest BCUT2D eigenvalue weighted by molar-refractivity contribution is 0.447. The molecule has 1 saturated heterocycles. The lowest BCUT2D eigenvalue weighted by Gasteiger charge is -2.39. The Kier molecular flexibility index (Phi) is 2.22. The van der Waals surface area contributed by atoms with E-state index >= 15 is 0 Å². The molecule has 1 aliphatic heterocycles. The highest BCUT2D eigenvalue weighted by atomic mass is 15.3. The number of nitrogens with one attached hydrogen (secondary N) is 1. The number of hydrogen-bond acceptors (Lipinski definition) is 4. The van der Waals surface area contributed by atoms with Crippen LogP contribution in [0.4, 0.5) is 5.82 Å². The van der Waals surface area contributed by atoms with Crippen LogP contribution in [0.15, 0.2) is 30.5 Å². The molecule has 4 nitrogen and oxygen atoms in total. The summed E-state index contributed by atoms with van der Waals surface area (Å²) in [6.45, 7) is 2.03. The van der Waals surface area contributed by atoms with Gasteiger partial charge in [0.1, 0.15) is 5.82 Å². The van der Waals surface area contributed by atoms with Crippen LogP contribution in [0.25, 0.3) is 11.0 Å². The van der Waals surface area contributed by atoms with Gasteiger partial charge in [-0.25, -0.2) is 4.98 Å². The third-order valence-electron chi connectivity index (χ3n) is 3.05. The van der Waals surface area contributed by atoms with Crippen molar-refractivity contribution in [2.45, 2.75) is 6.04 Å². The van der Waals surface area contributed by atoms with E-state index in [9.17, 15) is 0 Å². The topological polar surface area (TPSA) is 41.0 Å². The third-order valence-corrected chi connectivity index (χ3v) is 3.05. The SMILES string of the molecule is CNC1CN(c2cnc3ccccc3n2)C1. The largest absolute Gasteiger partial charge is 0.352 e. The van der Waals surface area contributed by atoms with Crippen molar-refractivity contribution in [3.63, 3.8) is 0 Å². The van der Waals surface area contributed by atoms with Crippen LogP contribution < -0.4 is 10.2 Å². The van der Waals surface area contributed by atoms with E-state index in [-0.39, 0.29) is 0 Å². The quantitative estimate of drug-likeness (QED) is 0.811. The summed E-state index contributed by atoms with van der Waals surface area (Å²) in [5.74, 6) is 0.977. The molecule has 1 aliphatic rings. The summed E-state index contributed by atoms with van der Waals surface area (Å²) in [5.41, 5.74) is 1.92. The van der Waals surface area contributed by atoms with Gasteiger partial charge in [-0.2, -0.15) is 0 Å². The monoisotopic (exact) mass is 214 g/mol. The molecule has 2 heterocycles. The highest BCUT2D eigenvalue weighted by molar-refractivity contribution is 5.75. The molecule has 0 spiro atoms. The molecule has 0 atom stereocenters. The molecule has 0 bridgehead atoms. The Hall–Kier alpha value is -1.68. The standard InChI is InChI=1S/C12H14N4/c1-13-9-7-16(8-9)12-6-14-10-4-2-3-5-11(10)15-12/h2-6,9,13H,7-8H2,1H3. The van der Waals surface area contributed by atoms with Gasteiger partial charge < -0.3 is 10.2 Å². The van der Waals surface area contributed by atoms with Gasteiger partial charge in [-0.3, -0.25) is 4.98 Å². The average Bonchev–Trinajstić information content (AvgIpc) is 2.27. The second-order valence-electron chi connectivity index (χ2n) is 4.11. The highest BCUT2D eigenvalue weighted by Crippen LogP contribution is 2.19. The third kappa shape index (κ3) is 1.51. The zero-order valence-corrected chi connectivity index (χ0v) is 9.22. The molecule has 16 heavy (non-hydrogen) atoms. The lowest BCUT2D eigenvalue weighted by Crippen LogP contribution is -2.57. The van der Waals surface area contributed by atoms with Gasteiger partial charge in [0.2, 0.25) is 0 Å². The van der Waals surface area contributed by atoms with Gasteiger partial charge in [-0.1, -0.05) is 12.1 Å². The van der Waals surface area contributed by atoms with E-state index in [1.165, 1.54) is 0 Å². The number of nitrogens with zero attached hydrogens (tertiary/aromatic N) is 3. The van der Waals surface area contributed by atoms with Crippen LogP contribution in [-0.2, 0) is 0 Å². The van der Waals surface area contributed by atoms with Crippen LogP contribution in [0.1, 0.15) is 0 Å². The maximum Gasteiger partial charge on any atom is 0.147 e. The number of para-hydroxylation sites is 2. The zero-order chi connectivity index (χ0) is 11.0. The molecular weight excluding hydrogens is 200 g/mol. The lowest BCUT2D eigenvalue weighted by atomic mass is 10.1. The average molecular weight is 214 g/mol. The predicted octanol–water partition coefficient (Wildman–Crippen LogP) is 1.04. The van der Waals surface area contributed by atoms with E-state index < -0.39 is 0 Å². The van der Waals surface area contributed by atoms with E-state index in [1.807, 2.05) is 37.5 Å². The first-order valence-electron chi connectivity index (χ1n) is 5.51. The molecule has 2 aromatic rings. The fraction of sp³-hybridized carbons (Fsp3) is 0.333. The second kappa shape index (κ2) is 3.72. The molecule has 0 radical (unpaired) electrons. The van der Waals surface area contributed by atoms with Crippen LogP contribution >= 0.6 is 0 Å². The van der Waals surface area contributed by atoms with Crippen molar-refractivity contribution < 1.29 is 0 Å². The summed E-state index contributed by atoms with van der Waals surface area (Å²) in [4.78, 5) is 11.2. The molecule has 1 N–H and O–H groups in total. The van der Waals surface area contributed by atoms with Crippen molar-refractivity contribution in [2.24, 2.45) is 0 Å². The van der Waals surface area contributed by atoms with E-state index in [0.29, 0.717) is 6.04 Å². The molecule has 3 rings (SSSR count). The maximum atomic E-state index is 4.60. The maximum absolute atomic E-state index is 4.60. The number of rotatable bonds is 2. The Morgan fingerprint density at radius 1 is 1.25 bits per heavy atom. The smallest absolute Gasteiger partial charge is 0.147 e. The predicted molar refractivity (Wildman–Crippen MR) is 64.6 cm³/mol. The van der Waals surface area contributed by atoms with Crippen molar-refractivity contribution in [2.75, 3.05) is 25.0 Å². The Balaban J connectivity index is 1.89. The first kappa shape index (κ1) is 9.54. The van der Waals surface area contributed by atoms with E-state index in [2.05, 4.69) is 20.2 Å². The van der Waals surface area contributed by atoms with Crippen LogP contribution in [0.5, 0.6) is 0 Å². The van der Waals surface area contributed by atoms with Crippen LogP contribution in [-0.4, -0.2) is 36.1 Å².